The van der Waals surface area contributed by atoms with Crippen LogP contribution in [0.25, 0.3) is 0 Å². The highest BCUT2D eigenvalue weighted by molar-refractivity contribution is 5.77. The Kier molecular flexibility index (Phi) is 4.56. The fourth-order valence-electron chi connectivity index (χ4n) is 3.10. The minimum atomic E-state index is -0.710. The number of aliphatic hydroxyl groups is 1. The largest absolute Gasteiger partial charge is 0.388 e. The van der Waals surface area contributed by atoms with Gasteiger partial charge in [0, 0.05) is 25.2 Å². The third-order valence-electron chi connectivity index (χ3n) is 4.52. The summed E-state index contributed by atoms with van der Waals surface area (Å²) in [5.41, 5.74) is 0.802. The van der Waals surface area contributed by atoms with Gasteiger partial charge < -0.3 is 15.3 Å². The SMILES string of the molecule is O=C(CC(O)c1ccccc1)NC1CCN(C2CC2)CC1. The fourth-order valence-corrected chi connectivity index (χ4v) is 3.10. The van der Waals surface area contributed by atoms with E-state index in [0.717, 1.165) is 37.5 Å². The Labute approximate surface area is 126 Å². The van der Waals surface area contributed by atoms with Crippen molar-refractivity contribution in [2.75, 3.05) is 13.1 Å². The van der Waals surface area contributed by atoms with Gasteiger partial charge in [-0.1, -0.05) is 30.3 Å². The Morgan fingerprint density at radius 3 is 2.48 bits per heavy atom. The van der Waals surface area contributed by atoms with Crippen LogP contribution in [0.4, 0.5) is 0 Å². The molecular weight excluding hydrogens is 264 g/mol. The number of likely N-dealkylation sites (tertiary alicyclic amines) is 1. The Hall–Kier alpha value is -1.39. The molecule has 2 fully saturated rings. The number of nitrogens with one attached hydrogen (secondary N) is 1. The lowest BCUT2D eigenvalue weighted by atomic mass is 10.0. The van der Waals surface area contributed by atoms with Gasteiger partial charge in [-0.25, -0.2) is 0 Å². The van der Waals surface area contributed by atoms with Crippen LogP contribution >= 0.6 is 0 Å². The number of piperidine rings is 1. The monoisotopic (exact) mass is 288 g/mol. The number of hydrogen-bond acceptors (Lipinski definition) is 3. The van der Waals surface area contributed by atoms with E-state index in [1.807, 2.05) is 30.3 Å². The first kappa shape index (κ1) is 14.5. The van der Waals surface area contributed by atoms with Gasteiger partial charge in [-0.05, 0) is 31.2 Å². The van der Waals surface area contributed by atoms with E-state index in [2.05, 4.69) is 10.2 Å². The van der Waals surface area contributed by atoms with Gasteiger partial charge >= 0.3 is 0 Å². The zero-order valence-electron chi connectivity index (χ0n) is 12.4. The van der Waals surface area contributed by atoms with Crippen LogP contribution in [0, 0.1) is 0 Å². The van der Waals surface area contributed by atoms with Gasteiger partial charge in [-0.2, -0.15) is 0 Å². The molecule has 1 heterocycles. The van der Waals surface area contributed by atoms with Crippen molar-refractivity contribution in [1.82, 2.24) is 10.2 Å². The summed E-state index contributed by atoms with van der Waals surface area (Å²) in [5, 5.41) is 13.1. The van der Waals surface area contributed by atoms with E-state index in [1.165, 1.54) is 12.8 Å². The Morgan fingerprint density at radius 2 is 1.86 bits per heavy atom. The molecule has 0 spiro atoms. The first-order valence-corrected chi connectivity index (χ1v) is 7.99. The summed E-state index contributed by atoms with van der Waals surface area (Å²) in [4.78, 5) is 14.6. The van der Waals surface area contributed by atoms with Crippen LogP contribution in [0.3, 0.4) is 0 Å². The zero-order valence-corrected chi connectivity index (χ0v) is 12.4. The average molecular weight is 288 g/mol. The molecule has 2 N–H and O–H groups in total. The van der Waals surface area contributed by atoms with Gasteiger partial charge in [0.25, 0.3) is 0 Å². The van der Waals surface area contributed by atoms with Gasteiger partial charge in [0.15, 0.2) is 0 Å². The van der Waals surface area contributed by atoms with Crippen molar-refractivity contribution in [2.24, 2.45) is 0 Å². The van der Waals surface area contributed by atoms with Crippen molar-refractivity contribution in [3.05, 3.63) is 35.9 Å². The number of carbonyl (C=O) groups excluding carboxylic acids is 1. The van der Waals surface area contributed by atoms with E-state index in [-0.39, 0.29) is 18.4 Å². The van der Waals surface area contributed by atoms with Gasteiger partial charge in [-0.3, -0.25) is 4.79 Å². The molecule has 114 valence electrons. The van der Waals surface area contributed by atoms with Crippen LogP contribution in [0.5, 0.6) is 0 Å². The lowest BCUT2D eigenvalue weighted by molar-refractivity contribution is -0.124. The van der Waals surface area contributed by atoms with Crippen LogP contribution in [0.15, 0.2) is 30.3 Å². The number of amides is 1. The number of aliphatic hydroxyl groups excluding tert-OH is 1. The van der Waals surface area contributed by atoms with E-state index in [9.17, 15) is 9.90 Å². The average Bonchev–Trinajstić information content (AvgIpc) is 3.33. The summed E-state index contributed by atoms with van der Waals surface area (Å²) >= 11 is 0. The minimum Gasteiger partial charge on any atom is -0.388 e. The molecule has 1 aliphatic heterocycles. The van der Waals surface area contributed by atoms with Gasteiger partial charge in [0.05, 0.1) is 12.5 Å². The molecule has 1 aromatic carbocycles. The van der Waals surface area contributed by atoms with Crippen molar-refractivity contribution >= 4 is 5.91 Å². The topological polar surface area (TPSA) is 52.6 Å². The molecule has 1 aliphatic carbocycles. The first-order chi connectivity index (χ1) is 10.2. The van der Waals surface area contributed by atoms with Gasteiger partial charge in [0.2, 0.25) is 5.91 Å². The molecule has 1 aromatic rings. The van der Waals surface area contributed by atoms with Crippen molar-refractivity contribution < 1.29 is 9.90 Å². The molecular formula is C17H24N2O2. The molecule has 1 unspecified atom stereocenters. The van der Waals surface area contributed by atoms with E-state index in [0.29, 0.717) is 0 Å². The minimum absolute atomic E-state index is 0.0452. The Morgan fingerprint density at radius 1 is 1.19 bits per heavy atom. The van der Waals surface area contributed by atoms with Gasteiger partial charge in [-0.15, -0.1) is 0 Å². The van der Waals surface area contributed by atoms with Crippen molar-refractivity contribution in [3.63, 3.8) is 0 Å². The zero-order chi connectivity index (χ0) is 14.7. The predicted octanol–water partition coefficient (Wildman–Crippen LogP) is 1.85. The Bertz CT molecular complexity index is 465. The highest BCUT2D eigenvalue weighted by Gasteiger charge is 2.32. The van der Waals surface area contributed by atoms with E-state index in [1.54, 1.807) is 0 Å². The highest BCUT2D eigenvalue weighted by Crippen LogP contribution is 2.29. The van der Waals surface area contributed by atoms with Crippen molar-refractivity contribution in [1.29, 1.82) is 0 Å². The van der Waals surface area contributed by atoms with Crippen molar-refractivity contribution in [3.8, 4) is 0 Å². The van der Waals surface area contributed by atoms with Crippen molar-refractivity contribution in [2.45, 2.75) is 50.3 Å². The number of carbonyl (C=O) groups is 1. The maximum Gasteiger partial charge on any atom is 0.223 e. The van der Waals surface area contributed by atoms with Crippen LogP contribution in [0.2, 0.25) is 0 Å². The van der Waals surface area contributed by atoms with Crippen LogP contribution in [-0.2, 0) is 4.79 Å². The maximum absolute atomic E-state index is 12.0. The maximum atomic E-state index is 12.0. The molecule has 1 saturated heterocycles. The molecule has 0 aromatic heterocycles. The predicted molar refractivity (Wildman–Crippen MR) is 81.8 cm³/mol. The summed E-state index contributed by atoms with van der Waals surface area (Å²) < 4.78 is 0. The highest BCUT2D eigenvalue weighted by atomic mass is 16.3. The quantitative estimate of drug-likeness (QED) is 0.869. The second-order valence-corrected chi connectivity index (χ2v) is 6.24. The normalized spacial score (nSPS) is 22.0. The molecule has 3 rings (SSSR count). The molecule has 4 nitrogen and oxygen atoms in total. The van der Waals surface area contributed by atoms with Crippen LogP contribution in [0.1, 0.15) is 43.8 Å². The summed E-state index contributed by atoms with van der Waals surface area (Å²) in [6, 6.07) is 10.5. The molecule has 1 atom stereocenters. The summed E-state index contributed by atoms with van der Waals surface area (Å²) in [6.45, 7) is 2.19. The number of hydrogen-bond donors (Lipinski definition) is 2. The van der Waals surface area contributed by atoms with E-state index < -0.39 is 6.10 Å². The number of nitrogens with zero attached hydrogens (tertiary/aromatic N) is 1. The second-order valence-electron chi connectivity index (χ2n) is 6.24. The molecule has 4 heteroatoms. The molecule has 21 heavy (non-hydrogen) atoms. The second kappa shape index (κ2) is 6.58. The van der Waals surface area contributed by atoms with Crippen LogP contribution in [-0.4, -0.2) is 41.1 Å². The molecule has 0 radical (unpaired) electrons. The lowest BCUT2D eigenvalue weighted by Gasteiger charge is -2.32. The molecule has 2 aliphatic rings. The number of rotatable bonds is 5. The molecule has 1 amide bonds. The van der Waals surface area contributed by atoms with Crippen LogP contribution < -0.4 is 5.32 Å². The third-order valence-corrected chi connectivity index (χ3v) is 4.52. The Balaban J connectivity index is 1.42. The third kappa shape index (κ3) is 4.05. The summed E-state index contributed by atoms with van der Waals surface area (Å²) in [6.07, 6.45) is 4.19. The summed E-state index contributed by atoms with van der Waals surface area (Å²) in [7, 11) is 0. The van der Waals surface area contributed by atoms with Gasteiger partial charge in [0.1, 0.15) is 0 Å². The number of benzene rings is 1. The fraction of sp³-hybridized carbons (Fsp3) is 0.588. The smallest absolute Gasteiger partial charge is 0.223 e. The standard InChI is InChI=1S/C17H24N2O2/c20-16(13-4-2-1-3-5-13)12-17(21)18-14-8-10-19(11-9-14)15-6-7-15/h1-5,14-16,20H,6-12H2,(H,18,21). The molecule has 0 bridgehead atoms. The van der Waals surface area contributed by atoms with E-state index >= 15 is 0 Å². The van der Waals surface area contributed by atoms with E-state index in [4.69, 9.17) is 0 Å². The molecule has 1 saturated carbocycles. The first-order valence-electron chi connectivity index (χ1n) is 7.99. The summed E-state index contributed by atoms with van der Waals surface area (Å²) in [5.74, 6) is -0.0452. The lowest BCUT2D eigenvalue weighted by Crippen LogP contribution is -2.45.